The summed E-state index contributed by atoms with van der Waals surface area (Å²) in [5, 5.41) is 9.36. The Bertz CT molecular complexity index is 658. The van der Waals surface area contributed by atoms with Crippen molar-refractivity contribution >= 4 is 17.5 Å². The number of hydrogen-bond donors (Lipinski definition) is 0. The van der Waals surface area contributed by atoms with E-state index in [-0.39, 0.29) is 24.4 Å². The molecule has 0 bridgehead atoms. The van der Waals surface area contributed by atoms with Crippen LogP contribution in [-0.2, 0) is 19.1 Å². The molecule has 0 N–H and O–H groups in total. The highest BCUT2D eigenvalue weighted by molar-refractivity contribution is 6.22. The van der Waals surface area contributed by atoms with Gasteiger partial charge in [-0.3, -0.25) is 9.78 Å². The van der Waals surface area contributed by atoms with Crippen molar-refractivity contribution in [3.8, 4) is 6.07 Å². The van der Waals surface area contributed by atoms with Crippen molar-refractivity contribution < 1.29 is 19.1 Å². The minimum Gasteiger partial charge on any atom is -0.465 e. The molecule has 0 amide bonds. The lowest BCUT2D eigenvalue weighted by Crippen LogP contribution is -2.17. The molecule has 0 aromatic carbocycles. The van der Waals surface area contributed by atoms with E-state index >= 15 is 0 Å². The van der Waals surface area contributed by atoms with Gasteiger partial charge in [-0.2, -0.15) is 5.26 Å². The number of carbonyl (C=O) groups is 2. The van der Waals surface area contributed by atoms with E-state index in [4.69, 9.17) is 9.47 Å². The van der Waals surface area contributed by atoms with Crippen LogP contribution in [0.1, 0.15) is 31.0 Å². The lowest BCUT2D eigenvalue weighted by Gasteiger charge is -2.09. The maximum absolute atomic E-state index is 12.1. The Labute approximate surface area is 122 Å². The number of aromatic nitrogens is 1. The lowest BCUT2D eigenvalue weighted by molar-refractivity contribution is -0.143. The Morgan fingerprint density at radius 3 is 2.67 bits per heavy atom. The first-order chi connectivity index (χ1) is 10.2. The van der Waals surface area contributed by atoms with Gasteiger partial charge in [0.25, 0.3) is 0 Å². The number of carbonyl (C=O) groups excluding carboxylic acids is 2. The molecule has 0 spiro atoms. The van der Waals surface area contributed by atoms with Gasteiger partial charge < -0.3 is 9.47 Å². The van der Waals surface area contributed by atoms with Gasteiger partial charge in [-0.15, -0.1) is 0 Å². The van der Waals surface area contributed by atoms with Crippen LogP contribution in [0, 0.1) is 11.3 Å². The van der Waals surface area contributed by atoms with Crippen LogP contribution in [-0.4, -0.2) is 30.1 Å². The molecule has 21 heavy (non-hydrogen) atoms. The quantitative estimate of drug-likeness (QED) is 0.781. The zero-order valence-electron chi connectivity index (χ0n) is 11.8. The van der Waals surface area contributed by atoms with E-state index < -0.39 is 17.9 Å². The van der Waals surface area contributed by atoms with Crippen LogP contribution >= 0.6 is 0 Å². The monoisotopic (exact) mass is 286 g/mol. The van der Waals surface area contributed by atoms with Crippen molar-refractivity contribution in [3.63, 3.8) is 0 Å². The van der Waals surface area contributed by atoms with Crippen LogP contribution in [0.2, 0.25) is 0 Å². The van der Waals surface area contributed by atoms with E-state index in [1.54, 1.807) is 26.0 Å². The first kappa shape index (κ1) is 14.7. The molecule has 0 saturated heterocycles. The van der Waals surface area contributed by atoms with Crippen molar-refractivity contribution in [2.24, 2.45) is 0 Å². The summed E-state index contributed by atoms with van der Waals surface area (Å²) < 4.78 is 9.96. The number of rotatable bonds is 4. The Morgan fingerprint density at radius 2 is 2.05 bits per heavy atom. The fourth-order valence-electron chi connectivity index (χ4n) is 2.28. The van der Waals surface area contributed by atoms with E-state index in [9.17, 15) is 14.9 Å². The van der Waals surface area contributed by atoms with Crippen LogP contribution in [0.15, 0.2) is 23.9 Å². The van der Waals surface area contributed by atoms with E-state index in [0.29, 0.717) is 11.3 Å². The molecule has 1 unspecified atom stereocenters. The number of ether oxygens (including phenoxy) is 2. The molecule has 6 heteroatoms. The molecule has 1 atom stereocenters. The van der Waals surface area contributed by atoms with Crippen LogP contribution in [0.25, 0.3) is 5.57 Å². The van der Waals surface area contributed by atoms with Crippen molar-refractivity contribution in [2.45, 2.75) is 19.8 Å². The largest absolute Gasteiger partial charge is 0.465 e. The summed E-state index contributed by atoms with van der Waals surface area (Å²) >= 11 is 0. The van der Waals surface area contributed by atoms with Gasteiger partial charge >= 0.3 is 11.9 Å². The molecule has 108 valence electrons. The average molecular weight is 286 g/mol. The number of nitrogens with zero attached hydrogens (tertiary/aromatic N) is 2. The minimum atomic E-state index is -0.967. The second-order valence-corrected chi connectivity index (χ2v) is 4.24. The summed E-state index contributed by atoms with van der Waals surface area (Å²) in [5.41, 5.74) is 0.933. The van der Waals surface area contributed by atoms with Crippen molar-refractivity contribution in [1.82, 2.24) is 4.98 Å². The molecule has 1 heterocycles. The molecule has 6 nitrogen and oxygen atoms in total. The number of fused-ring (bicyclic) bond motifs is 1. The van der Waals surface area contributed by atoms with Crippen LogP contribution < -0.4 is 0 Å². The molecular weight excluding hydrogens is 272 g/mol. The molecule has 1 aromatic heterocycles. The van der Waals surface area contributed by atoms with Gasteiger partial charge in [0.05, 0.1) is 36.1 Å². The zero-order chi connectivity index (χ0) is 15.4. The van der Waals surface area contributed by atoms with Crippen molar-refractivity contribution in [1.29, 1.82) is 5.26 Å². The van der Waals surface area contributed by atoms with Crippen molar-refractivity contribution in [3.05, 3.63) is 35.2 Å². The highest BCUT2D eigenvalue weighted by atomic mass is 16.5. The first-order valence-electron chi connectivity index (χ1n) is 6.58. The number of esters is 2. The lowest BCUT2D eigenvalue weighted by atomic mass is 10.0. The van der Waals surface area contributed by atoms with Gasteiger partial charge in [-0.05, 0) is 19.9 Å². The molecule has 1 aromatic rings. The fraction of sp³-hybridized carbons (Fsp3) is 0.333. The second kappa shape index (κ2) is 6.18. The average Bonchev–Trinajstić information content (AvgIpc) is 2.82. The number of pyridine rings is 1. The Morgan fingerprint density at radius 1 is 1.33 bits per heavy atom. The van der Waals surface area contributed by atoms with E-state index in [1.807, 2.05) is 6.07 Å². The molecule has 0 radical (unpaired) electrons. The summed E-state index contributed by atoms with van der Waals surface area (Å²) in [6.07, 6.45) is 1.51. The van der Waals surface area contributed by atoms with Gasteiger partial charge in [0.2, 0.25) is 0 Å². The zero-order valence-corrected chi connectivity index (χ0v) is 11.8. The molecule has 1 aliphatic rings. The maximum atomic E-state index is 12.1. The predicted molar refractivity (Wildman–Crippen MR) is 72.8 cm³/mol. The van der Waals surface area contributed by atoms with Gasteiger partial charge in [-0.25, -0.2) is 4.79 Å². The fourth-order valence-corrected chi connectivity index (χ4v) is 2.28. The third-order valence-electron chi connectivity index (χ3n) is 3.06. The molecule has 1 aliphatic carbocycles. The minimum absolute atomic E-state index is 0.0283. The summed E-state index contributed by atoms with van der Waals surface area (Å²) in [4.78, 5) is 28.3. The van der Waals surface area contributed by atoms with Gasteiger partial charge in [0.1, 0.15) is 5.92 Å². The highest BCUT2D eigenvalue weighted by Crippen LogP contribution is 2.41. The Hall–Kier alpha value is -2.68. The van der Waals surface area contributed by atoms with Crippen molar-refractivity contribution in [2.75, 3.05) is 13.2 Å². The van der Waals surface area contributed by atoms with E-state index in [0.717, 1.165) is 0 Å². The Kier molecular flexibility index (Phi) is 4.33. The van der Waals surface area contributed by atoms with E-state index in [2.05, 4.69) is 4.98 Å². The third-order valence-corrected chi connectivity index (χ3v) is 3.06. The molecule has 0 saturated carbocycles. The number of hydrogen-bond acceptors (Lipinski definition) is 6. The van der Waals surface area contributed by atoms with Crippen LogP contribution in [0.5, 0.6) is 0 Å². The second-order valence-electron chi connectivity index (χ2n) is 4.24. The third kappa shape index (κ3) is 2.50. The highest BCUT2D eigenvalue weighted by Gasteiger charge is 2.41. The topological polar surface area (TPSA) is 89.3 Å². The first-order valence-corrected chi connectivity index (χ1v) is 6.58. The van der Waals surface area contributed by atoms with Crippen LogP contribution in [0.3, 0.4) is 0 Å². The molecule has 2 rings (SSSR count). The predicted octanol–water partition coefficient (Wildman–Crippen LogP) is 1.58. The Balaban J connectivity index is 2.59. The van der Waals surface area contributed by atoms with E-state index in [1.165, 1.54) is 6.20 Å². The SMILES string of the molecule is CCOC(=O)C1=C(C#N)C(C(=O)OCC)c2ncccc21. The van der Waals surface area contributed by atoms with Gasteiger partial charge in [0, 0.05) is 11.8 Å². The molecule has 0 fully saturated rings. The maximum Gasteiger partial charge on any atom is 0.339 e. The number of nitriles is 1. The summed E-state index contributed by atoms with van der Waals surface area (Å²) in [5.74, 6) is -2.19. The summed E-state index contributed by atoms with van der Waals surface area (Å²) in [7, 11) is 0. The molecule has 0 aliphatic heterocycles. The standard InChI is InChI=1S/C15H14N2O4/c1-3-20-14(18)11-9-6-5-7-17-13(9)12(10(11)8-16)15(19)21-4-2/h5-7,12H,3-4H2,1-2H3. The van der Waals surface area contributed by atoms with Gasteiger partial charge in [-0.1, -0.05) is 6.07 Å². The summed E-state index contributed by atoms with van der Waals surface area (Å²) in [6, 6.07) is 5.21. The van der Waals surface area contributed by atoms with Crippen LogP contribution in [0.4, 0.5) is 0 Å². The normalized spacial score (nSPS) is 16.1. The summed E-state index contributed by atoms with van der Waals surface area (Å²) in [6.45, 7) is 3.71. The molecular formula is C15H14N2O4. The smallest absolute Gasteiger partial charge is 0.339 e. The van der Waals surface area contributed by atoms with Gasteiger partial charge in [0.15, 0.2) is 0 Å².